The Bertz CT molecular complexity index is 764. The molecule has 1 aliphatic rings. The van der Waals surface area contributed by atoms with E-state index in [9.17, 15) is 27.7 Å². The van der Waals surface area contributed by atoms with Crippen LogP contribution in [-0.2, 0) is 19.6 Å². The Morgan fingerprint density at radius 3 is 2.79 bits per heavy atom. The number of hydrogen-bond acceptors (Lipinski definition) is 6. The summed E-state index contributed by atoms with van der Waals surface area (Å²) in [6.45, 7) is 1.14. The molecule has 24 heavy (non-hydrogen) atoms. The van der Waals surface area contributed by atoms with Crippen LogP contribution in [0.2, 0.25) is 0 Å². The molecule has 0 saturated carbocycles. The zero-order valence-corrected chi connectivity index (χ0v) is 14.7. The summed E-state index contributed by atoms with van der Waals surface area (Å²) in [5.74, 6) is -1.57. The summed E-state index contributed by atoms with van der Waals surface area (Å²) in [5.41, 5.74) is -0.944. The van der Waals surface area contributed by atoms with Crippen LogP contribution in [0.1, 0.15) is 19.3 Å². The largest absolute Gasteiger partial charge is 0.381 e. The monoisotopic (exact) mass is 424 g/mol. The van der Waals surface area contributed by atoms with Crippen molar-refractivity contribution in [2.45, 2.75) is 24.2 Å². The average molecular weight is 425 g/mol. The predicted molar refractivity (Wildman–Crippen MR) is 84.2 cm³/mol. The second-order valence-electron chi connectivity index (χ2n) is 5.29. The second kappa shape index (κ2) is 7.53. The van der Waals surface area contributed by atoms with E-state index in [4.69, 9.17) is 4.74 Å². The van der Waals surface area contributed by atoms with Gasteiger partial charge in [-0.05, 0) is 40.8 Å². The molecule has 1 saturated heterocycles. The van der Waals surface area contributed by atoms with Crippen molar-refractivity contribution >= 4 is 37.5 Å². The molecule has 1 fully saturated rings. The van der Waals surface area contributed by atoms with Crippen LogP contribution >= 0.6 is 15.9 Å². The lowest BCUT2D eigenvalue weighted by atomic mass is 10.0. The van der Waals surface area contributed by atoms with Gasteiger partial charge >= 0.3 is 0 Å². The Labute approximate surface area is 145 Å². The van der Waals surface area contributed by atoms with E-state index in [0.717, 1.165) is 12.5 Å². The molecule has 0 aliphatic carbocycles. The molecule has 132 valence electrons. The van der Waals surface area contributed by atoms with Gasteiger partial charge in [-0.15, -0.1) is 0 Å². The highest BCUT2D eigenvalue weighted by Crippen LogP contribution is 2.29. The smallest absolute Gasteiger partial charge is 0.292 e. The maximum Gasteiger partial charge on any atom is 0.292 e. The van der Waals surface area contributed by atoms with Gasteiger partial charge in [0.25, 0.3) is 15.7 Å². The van der Waals surface area contributed by atoms with Crippen LogP contribution in [0.3, 0.4) is 0 Å². The fourth-order valence-corrected chi connectivity index (χ4v) is 3.97. The second-order valence-corrected chi connectivity index (χ2v) is 7.79. The third-order valence-corrected chi connectivity index (χ3v) is 5.55. The molecule has 0 bridgehead atoms. The minimum atomic E-state index is -4.49. The molecule has 1 N–H and O–H groups in total. The molecule has 0 aromatic heterocycles. The van der Waals surface area contributed by atoms with Crippen LogP contribution in [0, 0.1) is 21.8 Å². The Balaban J connectivity index is 2.16. The molecule has 1 aliphatic heterocycles. The fraction of sp³-hybridized carbons (Fsp3) is 0.462. The van der Waals surface area contributed by atoms with Gasteiger partial charge in [0.1, 0.15) is 5.82 Å². The summed E-state index contributed by atoms with van der Waals surface area (Å²) in [7, 11) is -4.49. The topological polar surface area (TPSA) is 116 Å². The average Bonchev–Trinajstić information content (AvgIpc) is 3.00. The lowest BCUT2D eigenvalue weighted by Gasteiger charge is -2.10. The Kier molecular flexibility index (Phi) is 5.88. The van der Waals surface area contributed by atoms with Crippen LogP contribution in [0.25, 0.3) is 0 Å². The van der Waals surface area contributed by atoms with Crippen LogP contribution in [0.4, 0.5) is 10.1 Å². The number of hydrogen-bond donors (Lipinski definition) is 1. The maximum absolute atomic E-state index is 13.4. The number of halogens is 2. The van der Waals surface area contributed by atoms with Gasteiger partial charge in [0.15, 0.2) is 4.90 Å². The molecular formula is C13H14BrFN2O6S. The van der Waals surface area contributed by atoms with Crippen LogP contribution in [0.5, 0.6) is 0 Å². The lowest BCUT2D eigenvalue weighted by molar-refractivity contribution is -0.388. The molecule has 8 nitrogen and oxygen atoms in total. The highest BCUT2D eigenvalue weighted by atomic mass is 79.9. The highest BCUT2D eigenvalue weighted by molar-refractivity contribution is 9.10. The first-order valence-electron chi connectivity index (χ1n) is 6.97. The van der Waals surface area contributed by atoms with Gasteiger partial charge < -0.3 is 4.74 Å². The zero-order valence-electron chi connectivity index (χ0n) is 12.3. The third kappa shape index (κ3) is 4.48. The number of nitro groups is 1. The van der Waals surface area contributed by atoms with Gasteiger partial charge in [0.2, 0.25) is 5.91 Å². The maximum atomic E-state index is 13.4. The number of rotatable bonds is 6. The number of nitrogens with one attached hydrogen (secondary N) is 1. The van der Waals surface area contributed by atoms with Gasteiger partial charge in [-0.2, -0.15) is 0 Å². The number of nitro benzene ring substituents is 1. The van der Waals surface area contributed by atoms with Gasteiger partial charge in [-0.25, -0.2) is 17.5 Å². The summed E-state index contributed by atoms with van der Waals surface area (Å²) in [4.78, 5) is 21.0. The number of nitrogens with zero attached hydrogens (tertiary/aromatic N) is 1. The first-order valence-corrected chi connectivity index (χ1v) is 9.25. The van der Waals surface area contributed by atoms with Crippen molar-refractivity contribution in [2.75, 3.05) is 13.2 Å². The normalized spacial score (nSPS) is 17.7. The van der Waals surface area contributed by atoms with Crippen LogP contribution in [-0.4, -0.2) is 32.5 Å². The Morgan fingerprint density at radius 1 is 1.50 bits per heavy atom. The number of sulfonamides is 1. The summed E-state index contributed by atoms with van der Waals surface area (Å²) < 4.78 is 44.5. The van der Waals surface area contributed by atoms with Crippen LogP contribution in [0.15, 0.2) is 21.5 Å². The summed E-state index contributed by atoms with van der Waals surface area (Å²) in [6, 6.07) is 1.24. The van der Waals surface area contributed by atoms with E-state index in [2.05, 4.69) is 15.9 Å². The van der Waals surface area contributed by atoms with E-state index < -0.39 is 37.3 Å². The lowest BCUT2D eigenvalue weighted by Crippen LogP contribution is -2.31. The Morgan fingerprint density at radius 2 is 2.21 bits per heavy atom. The molecule has 1 atom stereocenters. The number of benzene rings is 1. The van der Waals surface area contributed by atoms with Crippen LogP contribution < -0.4 is 4.72 Å². The van der Waals surface area contributed by atoms with Crippen molar-refractivity contribution in [3.8, 4) is 0 Å². The van der Waals surface area contributed by atoms with E-state index >= 15 is 0 Å². The van der Waals surface area contributed by atoms with Gasteiger partial charge in [0, 0.05) is 19.6 Å². The van der Waals surface area contributed by atoms with E-state index in [1.807, 2.05) is 0 Å². The Hall–Kier alpha value is -1.59. The first-order chi connectivity index (χ1) is 11.2. The molecule has 0 spiro atoms. The fourth-order valence-electron chi connectivity index (χ4n) is 2.28. The molecule has 2 rings (SSSR count). The third-order valence-electron chi connectivity index (χ3n) is 3.54. The number of amides is 1. The van der Waals surface area contributed by atoms with E-state index in [0.29, 0.717) is 25.7 Å². The van der Waals surface area contributed by atoms with Crippen molar-refractivity contribution in [1.82, 2.24) is 4.72 Å². The standard InChI is InChI=1S/C13H14BrFN2O6S/c14-9-5-12(11(17(19)20)6-10(9)15)24(21,22)16-13(18)2-1-8-3-4-23-7-8/h5-6,8H,1-4,7H2,(H,16,18)/t8-/m0/s1. The molecular weight excluding hydrogens is 411 g/mol. The number of ether oxygens (including phenoxy) is 1. The summed E-state index contributed by atoms with van der Waals surface area (Å²) in [5, 5.41) is 10.9. The molecule has 1 amide bonds. The minimum absolute atomic E-state index is 0.0522. The first kappa shape index (κ1) is 18.7. The quantitative estimate of drug-likeness (QED) is 0.552. The van der Waals surface area contributed by atoms with E-state index in [1.54, 1.807) is 4.72 Å². The zero-order chi connectivity index (χ0) is 17.9. The molecule has 0 unspecified atom stereocenters. The molecule has 11 heteroatoms. The molecule has 0 radical (unpaired) electrons. The van der Waals surface area contributed by atoms with Crippen molar-refractivity contribution < 1.29 is 27.3 Å². The van der Waals surface area contributed by atoms with Crippen molar-refractivity contribution in [3.63, 3.8) is 0 Å². The van der Waals surface area contributed by atoms with Crippen molar-refractivity contribution in [2.24, 2.45) is 5.92 Å². The van der Waals surface area contributed by atoms with Gasteiger partial charge in [-0.3, -0.25) is 14.9 Å². The van der Waals surface area contributed by atoms with E-state index in [1.165, 1.54) is 0 Å². The van der Waals surface area contributed by atoms with Gasteiger partial charge in [-0.1, -0.05) is 0 Å². The SMILES string of the molecule is O=C(CC[C@H]1CCOC1)NS(=O)(=O)c1cc(Br)c(F)cc1[N+](=O)[O-]. The number of carbonyl (C=O) groups is 1. The molecule has 1 aromatic rings. The number of carbonyl (C=O) groups excluding carboxylic acids is 1. The summed E-state index contributed by atoms with van der Waals surface area (Å²) in [6.07, 6.45) is 1.20. The highest BCUT2D eigenvalue weighted by Gasteiger charge is 2.29. The molecule has 1 aromatic carbocycles. The van der Waals surface area contributed by atoms with Crippen molar-refractivity contribution in [1.29, 1.82) is 0 Å². The minimum Gasteiger partial charge on any atom is -0.381 e. The van der Waals surface area contributed by atoms with Crippen molar-refractivity contribution in [3.05, 3.63) is 32.5 Å². The predicted octanol–water partition coefficient (Wildman–Crippen LogP) is 2.12. The van der Waals surface area contributed by atoms with Gasteiger partial charge in [0.05, 0.1) is 15.5 Å². The summed E-state index contributed by atoms with van der Waals surface area (Å²) >= 11 is 2.77. The molecule has 1 heterocycles. The van der Waals surface area contributed by atoms with E-state index in [-0.39, 0.29) is 16.8 Å².